The second-order valence-corrected chi connectivity index (χ2v) is 7.81. The highest BCUT2D eigenvalue weighted by Crippen LogP contribution is 2.28. The van der Waals surface area contributed by atoms with Gasteiger partial charge in [-0.1, -0.05) is 60.7 Å². The first-order chi connectivity index (χ1) is 15.3. The van der Waals surface area contributed by atoms with E-state index in [0.29, 0.717) is 17.9 Å². The zero-order chi connectivity index (χ0) is 21.0. The van der Waals surface area contributed by atoms with Crippen molar-refractivity contribution in [3.8, 4) is 17.2 Å². The number of benzene rings is 3. The van der Waals surface area contributed by atoms with Crippen LogP contribution in [0, 0.1) is 0 Å². The topological polar surface area (TPSA) is 63.0 Å². The molecule has 0 aliphatic heterocycles. The Balaban J connectivity index is 1.60. The molecule has 152 valence electrons. The van der Waals surface area contributed by atoms with Crippen LogP contribution in [0.5, 0.6) is 5.75 Å². The summed E-state index contributed by atoms with van der Waals surface area (Å²) < 4.78 is 7.83. The van der Waals surface area contributed by atoms with Crippen LogP contribution in [0.2, 0.25) is 0 Å². The number of phenolic OH excluding ortho intramolecular Hbond substituents is 1. The molecule has 0 unspecified atom stereocenters. The normalized spacial score (nSPS) is 12.2. The fraction of sp³-hybridized carbons (Fsp3) is 0.0400. The largest absolute Gasteiger partial charge is 0.507 e. The van der Waals surface area contributed by atoms with E-state index in [-0.39, 0.29) is 5.75 Å². The van der Waals surface area contributed by atoms with Crippen molar-refractivity contribution >= 4 is 28.5 Å². The van der Waals surface area contributed by atoms with E-state index in [4.69, 9.17) is 9.41 Å². The Morgan fingerprint density at radius 3 is 2.55 bits per heavy atom. The molecule has 0 amide bonds. The smallest absolute Gasteiger partial charge is 0.206 e. The van der Waals surface area contributed by atoms with Gasteiger partial charge >= 0.3 is 0 Å². The van der Waals surface area contributed by atoms with E-state index in [0.717, 1.165) is 27.0 Å². The van der Waals surface area contributed by atoms with Crippen LogP contribution in [-0.4, -0.2) is 16.0 Å². The summed E-state index contributed by atoms with van der Waals surface area (Å²) in [6.07, 6.45) is 1.63. The standard InChI is InChI=1S/C25H19N3O2S/c29-22-12-6-4-11-20(22)16-27-28-21(24-14-19-10-5-7-13-23(19)30-24)17-31-25(28)26-15-18-8-2-1-3-9-18/h1-14,16-17,29H,15H2. The molecule has 31 heavy (non-hydrogen) atoms. The number of hydrogen-bond acceptors (Lipinski definition) is 5. The van der Waals surface area contributed by atoms with Crippen LogP contribution in [0.4, 0.5) is 0 Å². The van der Waals surface area contributed by atoms with Gasteiger partial charge in [0.25, 0.3) is 0 Å². The van der Waals surface area contributed by atoms with Gasteiger partial charge in [0.1, 0.15) is 17.0 Å². The number of rotatable bonds is 5. The van der Waals surface area contributed by atoms with Crippen LogP contribution in [-0.2, 0) is 6.54 Å². The van der Waals surface area contributed by atoms with Gasteiger partial charge in [-0.2, -0.15) is 5.10 Å². The molecule has 0 spiro atoms. The number of aromatic nitrogens is 1. The van der Waals surface area contributed by atoms with Crippen LogP contribution in [0.15, 0.2) is 105 Å². The molecule has 0 saturated carbocycles. The first-order valence-electron chi connectivity index (χ1n) is 9.84. The Kier molecular flexibility index (Phi) is 5.21. The van der Waals surface area contributed by atoms with E-state index in [1.165, 1.54) is 11.3 Å². The Morgan fingerprint density at radius 1 is 0.935 bits per heavy atom. The monoisotopic (exact) mass is 425 g/mol. The van der Waals surface area contributed by atoms with Crippen LogP contribution >= 0.6 is 11.3 Å². The molecule has 0 radical (unpaired) electrons. The lowest BCUT2D eigenvalue weighted by Crippen LogP contribution is -2.12. The fourth-order valence-corrected chi connectivity index (χ4v) is 4.07. The molecule has 1 N–H and O–H groups in total. The van der Waals surface area contributed by atoms with E-state index in [1.54, 1.807) is 23.0 Å². The van der Waals surface area contributed by atoms with Gasteiger partial charge in [-0.3, -0.25) is 4.99 Å². The number of nitrogens with zero attached hydrogens (tertiary/aromatic N) is 3. The third-order valence-corrected chi connectivity index (χ3v) is 5.71. The highest BCUT2D eigenvalue weighted by atomic mass is 32.1. The van der Waals surface area contributed by atoms with Crippen molar-refractivity contribution in [2.24, 2.45) is 10.1 Å². The lowest BCUT2D eigenvalue weighted by molar-refractivity contribution is 0.474. The molecule has 0 aliphatic rings. The van der Waals surface area contributed by atoms with Crippen LogP contribution in [0.1, 0.15) is 11.1 Å². The maximum Gasteiger partial charge on any atom is 0.206 e. The maximum atomic E-state index is 10.1. The summed E-state index contributed by atoms with van der Waals surface area (Å²) in [6, 6.07) is 27.1. The first-order valence-corrected chi connectivity index (χ1v) is 10.7. The van der Waals surface area contributed by atoms with Gasteiger partial charge in [0.2, 0.25) is 4.80 Å². The summed E-state index contributed by atoms with van der Waals surface area (Å²) in [6.45, 7) is 0.549. The van der Waals surface area contributed by atoms with Crippen molar-refractivity contribution in [1.82, 2.24) is 4.68 Å². The second-order valence-electron chi connectivity index (χ2n) is 6.97. The van der Waals surface area contributed by atoms with Crippen molar-refractivity contribution in [1.29, 1.82) is 0 Å². The van der Waals surface area contributed by atoms with Gasteiger partial charge in [0, 0.05) is 16.3 Å². The molecule has 0 atom stereocenters. The summed E-state index contributed by atoms with van der Waals surface area (Å²) in [4.78, 5) is 5.52. The van der Waals surface area contributed by atoms with Gasteiger partial charge in [0.05, 0.1) is 12.8 Å². The Bertz CT molecular complexity index is 1390. The summed E-state index contributed by atoms with van der Waals surface area (Å²) in [5.41, 5.74) is 3.38. The van der Waals surface area contributed by atoms with Gasteiger partial charge in [-0.05, 0) is 29.8 Å². The van der Waals surface area contributed by atoms with Crippen molar-refractivity contribution in [2.45, 2.75) is 6.54 Å². The Hall–Kier alpha value is -3.90. The van der Waals surface area contributed by atoms with Crippen LogP contribution in [0.3, 0.4) is 0 Å². The lowest BCUT2D eigenvalue weighted by Gasteiger charge is -2.02. The minimum Gasteiger partial charge on any atom is -0.507 e. The van der Waals surface area contributed by atoms with Gasteiger partial charge in [0.15, 0.2) is 5.76 Å². The van der Waals surface area contributed by atoms with Crippen LogP contribution < -0.4 is 4.80 Å². The SMILES string of the molecule is Oc1ccccc1C=Nn1c(-c2cc3ccccc3o2)csc1=NCc1ccccc1. The van der Waals surface area contributed by atoms with E-state index in [9.17, 15) is 5.11 Å². The molecule has 2 aromatic heterocycles. The number of furan rings is 1. The summed E-state index contributed by atoms with van der Waals surface area (Å²) in [5.74, 6) is 0.892. The predicted molar refractivity (Wildman–Crippen MR) is 124 cm³/mol. The Labute approximate surface area is 182 Å². The summed E-state index contributed by atoms with van der Waals surface area (Å²) in [7, 11) is 0. The number of hydrogen-bond donors (Lipinski definition) is 1. The molecular formula is C25H19N3O2S. The maximum absolute atomic E-state index is 10.1. The lowest BCUT2D eigenvalue weighted by atomic mass is 10.2. The first kappa shape index (κ1) is 19.1. The van der Waals surface area contributed by atoms with Gasteiger partial charge in [-0.15, -0.1) is 11.3 Å². The summed E-state index contributed by atoms with van der Waals surface area (Å²) >= 11 is 1.50. The average Bonchev–Trinajstić information content (AvgIpc) is 3.41. The number of fused-ring (bicyclic) bond motifs is 1. The zero-order valence-electron chi connectivity index (χ0n) is 16.6. The molecule has 0 saturated heterocycles. The quantitative estimate of drug-likeness (QED) is 0.370. The van der Waals surface area contributed by atoms with E-state index in [2.05, 4.69) is 5.10 Å². The predicted octanol–water partition coefficient (Wildman–Crippen LogP) is 5.65. The third-order valence-electron chi connectivity index (χ3n) is 4.85. The molecule has 0 aliphatic carbocycles. The molecule has 5 aromatic rings. The fourth-order valence-electron chi connectivity index (χ4n) is 3.26. The molecule has 5 rings (SSSR count). The van der Waals surface area contributed by atoms with E-state index < -0.39 is 0 Å². The number of aromatic hydroxyl groups is 1. The van der Waals surface area contributed by atoms with Crippen molar-refractivity contribution in [3.63, 3.8) is 0 Å². The third kappa shape index (κ3) is 4.06. The molecule has 6 heteroatoms. The van der Waals surface area contributed by atoms with Gasteiger partial charge in [-0.25, -0.2) is 4.68 Å². The van der Waals surface area contributed by atoms with E-state index in [1.807, 2.05) is 78.2 Å². The highest BCUT2D eigenvalue weighted by molar-refractivity contribution is 7.07. The van der Waals surface area contributed by atoms with Crippen molar-refractivity contribution < 1.29 is 9.52 Å². The molecule has 0 fully saturated rings. The van der Waals surface area contributed by atoms with Crippen LogP contribution in [0.25, 0.3) is 22.4 Å². The zero-order valence-corrected chi connectivity index (χ0v) is 17.4. The highest BCUT2D eigenvalue weighted by Gasteiger charge is 2.13. The molecule has 5 nitrogen and oxygen atoms in total. The molecule has 3 aromatic carbocycles. The Morgan fingerprint density at radius 2 is 1.71 bits per heavy atom. The molecular weight excluding hydrogens is 406 g/mol. The second kappa shape index (κ2) is 8.45. The summed E-state index contributed by atoms with van der Waals surface area (Å²) in [5, 5.41) is 17.8. The number of thiazole rings is 1. The minimum absolute atomic E-state index is 0.176. The number of para-hydroxylation sites is 2. The minimum atomic E-state index is 0.176. The molecule has 2 heterocycles. The van der Waals surface area contributed by atoms with Crippen molar-refractivity contribution in [3.05, 3.63) is 106 Å². The molecule has 0 bridgehead atoms. The van der Waals surface area contributed by atoms with E-state index >= 15 is 0 Å². The number of phenols is 1. The average molecular weight is 426 g/mol. The van der Waals surface area contributed by atoms with Gasteiger partial charge < -0.3 is 9.52 Å². The van der Waals surface area contributed by atoms with Crippen molar-refractivity contribution in [2.75, 3.05) is 0 Å².